The van der Waals surface area contributed by atoms with Crippen molar-refractivity contribution in [2.24, 2.45) is 0 Å². The second-order valence-corrected chi connectivity index (χ2v) is 6.82. The van der Waals surface area contributed by atoms with E-state index in [1.54, 1.807) is 37.4 Å². The predicted molar refractivity (Wildman–Crippen MR) is 96.2 cm³/mol. The summed E-state index contributed by atoms with van der Waals surface area (Å²) < 4.78 is 27.6. The number of rotatable bonds is 6. The van der Waals surface area contributed by atoms with Crippen LogP contribution in [0.3, 0.4) is 0 Å². The summed E-state index contributed by atoms with van der Waals surface area (Å²) in [6.07, 6.45) is 3.75. The van der Waals surface area contributed by atoms with E-state index < -0.39 is 10.0 Å². The Morgan fingerprint density at radius 3 is 2.38 bits per heavy atom. The smallest absolute Gasteiger partial charge is 0.261 e. The molecule has 2 N–H and O–H groups in total. The highest BCUT2D eigenvalue weighted by Gasteiger charge is 2.15. The van der Waals surface area contributed by atoms with Crippen LogP contribution in [0, 0.1) is 0 Å². The number of nitrogens with one attached hydrogen (secondary N) is 2. The summed E-state index contributed by atoms with van der Waals surface area (Å²) in [7, 11) is -2.11. The van der Waals surface area contributed by atoms with Crippen LogP contribution in [0.5, 0.6) is 0 Å². The third-order valence-corrected chi connectivity index (χ3v) is 4.89. The van der Waals surface area contributed by atoms with Gasteiger partial charge in [-0.25, -0.2) is 8.42 Å². The molecule has 0 heterocycles. The van der Waals surface area contributed by atoms with Gasteiger partial charge in [0.2, 0.25) is 5.91 Å². The van der Waals surface area contributed by atoms with Gasteiger partial charge in [0.25, 0.3) is 10.0 Å². The Balaban J connectivity index is 2.21. The Labute approximate surface area is 142 Å². The highest BCUT2D eigenvalue weighted by atomic mass is 32.2. The van der Waals surface area contributed by atoms with Crippen LogP contribution in [0.2, 0.25) is 0 Å². The quantitative estimate of drug-likeness (QED) is 0.791. The summed E-state index contributed by atoms with van der Waals surface area (Å²) in [4.78, 5) is 11.3. The number of likely N-dealkylation sites (N-methyl/N-ethyl adjacent to an activating group) is 1. The Hall–Kier alpha value is -2.60. The molecule has 0 saturated carbocycles. The maximum atomic E-state index is 12.5. The van der Waals surface area contributed by atoms with Crippen LogP contribution in [-0.2, 0) is 21.2 Å². The fourth-order valence-electron chi connectivity index (χ4n) is 2.15. The second-order valence-electron chi connectivity index (χ2n) is 5.13. The van der Waals surface area contributed by atoms with Crippen LogP contribution in [-0.4, -0.2) is 21.4 Å². The van der Waals surface area contributed by atoms with Crippen LogP contribution in [0.15, 0.2) is 59.5 Å². The van der Waals surface area contributed by atoms with Gasteiger partial charge in [-0.2, -0.15) is 0 Å². The van der Waals surface area contributed by atoms with Crippen molar-refractivity contribution in [2.75, 3.05) is 11.8 Å². The minimum atomic E-state index is -3.65. The van der Waals surface area contributed by atoms with Crippen molar-refractivity contribution in [1.29, 1.82) is 0 Å². The number of anilines is 1. The molecule has 2 aromatic rings. The highest BCUT2D eigenvalue weighted by molar-refractivity contribution is 7.92. The molecule has 0 fully saturated rings. The zero-order valence-corrected chi connectivity index (χ0v) is 14.4. The third-order valence-electron chi connectivity index (χ3n) is 3.51. The monoisotopic (exact) mass is 344 g/mol. The van der Waals surface area contributed by atoms with E-state index in [4.69, 9.17) is 0 Å². The number of para-hydroxylation sites is 1. The average molecular weight is 344 g/mol. The van der Waals surface area contributed by atoms with Gasteiger partial charge in [0, 0.05) is 13.1 Å². The molecule has 1 amide bonds. The predicted octanol–water partition coefficient (Wildman–Crippen LogP) is 2.81. The number of carbonyl (C=O) groups excluding carboxylic acids is 1. The number of benzene rings is 2. The fraction of sp³-hybridized carbons (Fsp3) is 0.167. The first-order valence-electron chi connectivity index (χ1n) is 7.57. The largest absolute Gasteiger partial charge is 0.356 e. The van der Waals surface area contributed by atoms with E-state index in [1.165, 1.54) is 18.2 Å². The van der Waals surface area contributed by atoms with E-state index in [-0.39, 0.29) is 10.8 Å². The molecule has 6 heteroatoms. The molecule has 0 atom stereocenters. The van der Waals surface area contributed by atoms with Crippen molar-refractivity contribution in [2.45, 2.75) is 18.2 Å². The summed E-state index contributed by atoms with van der Waals surface area (Å²) in [5, 5.41) is 2.48. The number of hydrogen-bond donors (Lipinski definition) is 2. The molecule has 2 aromatic carbocycles. The van der Waals surface area contributed by atoms with Gasteiger partial charge in [-0.3, -0.25) is 9.52 Å². The number of aryl methyl sites for hydroxylation is 1. The van der Waals surface area contributed by atoms with Gasteiger partial charge in [0.05, 0.1) is 10.6 Å². The molecule has 0 spiro atoms. The molecule has 0 aliphatic rings. The maximum absolute atomic E-state index is 12.5. The SMILES string of the molecule is CCc1ccccc1NS(=O)(=O)c1ccc(/C=C/C(=O)NC)cc1. The first kappa shape index (κ1) is 17.7. The Morgan fingerprint density at radius 2 is 1.75 bits per heavy atom. The van der Waals surface area contributed by atoms with Gasteiger partial charge in [-0.1, -0.05) is 37.3 Å². The first-order valence-corrected chi connectivity index (χ1v) is 9.05. The maximum Gasteiger partial charge on any atom is 0.261 e. The highest BCUT2D eigenvalue weighted by Crippen LogP contribution is 2.21. The number of hydrogen-bond acceptors (Lipinski definition) is 3. The average Bonchev–Trinajstić information content (AvgIpc) is 2.60. The summed E-state index contributed by atoms with van der Waals surface area (Å²) in [5.74, 6) is -0.218. The van der Waals surface area contributed by atoms with Crippen molar-refractivity contribution in [1.82, 2.24) is 5.32 Å². The number of carbonyl (C=O) groups is 1. The zero-order chi connectivity index (χ0) is 17.6. The summed E-state index contributed by atoms with van der Waals surface area (Å²) in [6.45, 7) is 1.97. The van der Waals surface area contributed by atoms with E-state index in [9.17, 15) is 13.2 Å². The van der Waals surface area contributed by atoms with Crippen molar-refractivity contribution < 1.29 is 13.2 Å². The summed E-state index contributed by atoms with van der Waals surface area (Å²) in [6, 6.07) is 13.6. The van der Waals surface area contributed by atoms with Crippen molar-refractivity contribution in [3.8, 4) is 0 Å². The zero-order valence-electron chi connectivity index (χ0n) is 13.6. The van der Waals surface area contributed by atoms with Gasteiger partial charge in [-0.15, -0.1) is 0 Å². The standard InChI is InChI=1S/C18H20N2O3S/c1-3-15-6-4-5-7-17(15)20-24(22,23)16-11-8-14(9-12-16)10-13-18(21)19-2/h4-13,20H,3H2,1-2H3,(H,19,21)/b13-10+. The normalized spacial score (nSPS) is 11.4. The molecule has 24 heavy (non-hydrogen) atoms. The molecule has 0 saturated heterocycles. The fourth-order valence-corrected chi connectivity index (χ4v) is 3.25. The van der Waals surface area contributed by atoms with Crippen LogP contribution in [0.25, 0.3) is 6.08 Å². The lowest BCUT2D eigenvalue weighted by Gasteiger charge is -2.11. The minimum absolute atomic E-state index is 0.172. The van der Waals surface area contributed by atoms with Crippen molar-refractivity contribution in [3.63, 3.8) is 0 Å². The molecule has 0 aromatic heterocycles. The van der Waals surface area contributed by atoms with Crippen molar-refractivity contribution in [3.05, 3.63) is 65.7 Å². The third kappa shape index (κ3) is 4.45. The van der Waals surface area contributed by atoms with Crippen LogP contribution in [0.1, 0.15) is 18.1 Å². The van der Waals surface area contributed by atoms with E-state index in [1.807, 2.05) is 19.1 Å². The van der Waals surface area contributed by atoms with Crippen LogP contribution >= 0.6 is 0 Å². The van der Waals surface area contributed by atoms with Gasteiger partial charge < -0.3 is 5.32 Å². The Bertz CT molecular complexity index is 841. The molecule has 0 aliphatic heterocycles. The summed E-state index contributed by atoms with van der Waals surface area (Å²) >= 11 is 0. The molecule has 5 nitrogen and oxygen atoms in total. The van der Waals surface area contributed by atoms with Gasteiger partial charge >= 0.3 is 0 Å². The number of amides is 1. The minimum Gasteiger partial charge on any atom is -0.356 e. The Morgan fingerprint density at radius 1 is 1.08 bits per heavy atom. The van der Waals surface area contributed by atoms with Gasteiger partial charge in [0.1, 0.15) is 0 Å². The first-order chi connectivity index (χ1) is 11.5. The Kier molecular flexibility index (Phi) is 5.76. The lowest BCUT2D eigenvalue weighted by molar-refractivity contribution is -0.115. The molecule has 126 valence electrons. The lowest BCUT2D eigenvalue weighted by atomic mass is 10.1. The molecule has 0 radical (unpaired) electrons. The lowest BCUT2D eigenvalue weighted by Crippen LogP contribution is -2.14. The van der Waals surface area contributed by atoms with Gasteiger partial charge in [-0.05, 0) is 41.8 Å². The summed E-state index contributed by atoms with van der Waals surface area (Å²) in [5.41, 5.74) is 2.27. The molecular formula is C18H20N2O3S. The molecule has 0 unspecified atom stereocenters. The van der Waals surface area contributed by atoms with Gasteiger partial charge in [0.15, 0.2) is 0 Å². The van der Waals surface area contributed by atoms with E-state index in [0.717, 1.165) is 17.5 Å². The molecule has 0 aliphatic carbocycles. The van der Waals surface area contributed by atoms with Crippen molar-refractivity contribution >= 4 is 27.7 Å². The topological polar surface area (TPSA) is 75.3 Å². The molecular weight excluding hydrogens is 324 g/mol. The number of sulfonamides is 1. The van der Waals surface area contributed by atoms with Crippen LogP contribution in [0.4, 0.5) is 5.69 Å². The van der Waals surface area contributed by atoms with E-state index in [2.05, 4.69) is 10.0 Å². The molecule has 0 bridgehead atoms. The second kappa shape index (κ2) is 7.79. The van der Waals surface area contributed by atoms with E-state index >= 15 is 0 Å². The molecule has 2 rings (SSSR count). The van der Waals surface area contributed by atoms with Crippen LogP contribution < -0.4 is 10.0 Å². The van der Waals surface area contributed by atoms with E-state index in [0.29, 0.717) is 5.69 Å².